The van der Waals surface area contributed by atoms with E-state index < -0.39 is 0 Å². The first-order valence-corrected chi connectivity index (χ1v) is 8.12. The molecule has 0 spiro atoms. The van der Waals surface area contributed by atoms with Crippen LogP contribution in [0.15, 0.2) is 22.7 Å². The van der Waals surface area contributed by atoms with Gasteiger partial charge in [-0.2, -0.15) is 0 Å². The second kappa shape index (κ2) is 7.91. The minimum absolute atomic E-state index is 0.0684. The summed E-state index contributed by atoms with van der Waals surface area (Å²) >= 11 is 3.58. The highest BCUT2D eigenvalue weighted by Crippen LogP contribution is 2.30. The number of benzene rings is 1. The Kier molecular flexibility index (Phi) is 6.87. The van der Waals surface area contributed by atoms with Crippen LogP contribution in [-0.2, 0) is 0 Å². The summed E-state index contributed by atoms with van der Waals surface area (Å²) < 4.78 is 1.12. The Labute approximate surface area is 126 Å². The van der Waals surface area contributed by atoms with E-state index in [1.165, 1.54) is 24.1 Å². The van der Waals surface area contributed by atoms with Crippen molar-refractivity contribution in [1.29, 1.82) is 0 Å². The molecular formula is C16H27BrN2. The Morgan fingerprint density at radius 2 is 1.84 bits per heavy atom. The summed E-state index contributed by atoms with van der Waals surface area (Å²) in [4.78, 5) is 2.46. The van der Waals surface area contributed by atoms with Crippen LogP contribution in [0.4, 0.5) is 5.69 Å². The van der Waals surface area contributed by atoms with Crippen LogP contribution in [0.5, 0.6) is 0 Å². The second-order valence-corrected chi connectivity index (χ2v) is 6.13. The van der Waals surface area contributed by atoms with E-state index in [9.17, 15) is 0 Å². The molecule has 1 atom stereocenters. The third-order valence-electron chi connectivity index (χ3n) is 3.84. The fraction of sp³-hybridized carbons (Fsp3) is 0.625. The van der Waals surface area contributed by atoms with Gasteiger partial charge in [-0.1, -0.05) is 48.7 Å². The number of nitrogens with zero attached hydrogens (tertiary/aromatic N) is 1. The van der Waals surface area contributed by atoms with Crippen LogP contribution in [0.2, 0.25) is 0 Å². The van der Waals surface area contributed by atoms with E-state index in [1.807, 2.05) is 0 Å². The molecule has 0 aliphatic carbocycles. The molecule has 1 aromatic rings. The van der Waals surface area contributed by atoms with Gasteiger partial charge in [-0.3, -0.25) is 0 Å². The van der Waals surface area contributed by atoms with Crippen molar-refractivity contribution in [2.45, 2.75) is 46.6 Å². The summed E-state index contributed by atoms with van der Waals surface area (Å²) in [5.41, 5.74) is 8.62. The molecule has 19 heavy (non-hydrogen) atoms. The maximum Gasteiger partial charge on any atom is 0.0425 e. The summed E-state index contributed by atoms with van der Waals surface area (Å²) in [6, 6.07) is 6.48. The Bertz CT molecular complexity index is 386. The van der Waals surface area contributed by atoms with Gasteiger partial charge in [0, 0.05) is 29.3 Å². The first-order valence-electron chi connectivity index (χ1n) is 7.33. The lowest BCUT2D eigenvalue weighted by Crippen LogP contribution is -2.30. The van der Waals surface area contributed by atoms with Gasteiger partial charge in [-0.15, -0.1) is 0 Å². The predicted octanol–water partition coefficient (Wildman–Crippen LogP) is 4.73. The summed E-state index contributed by atoms with van der Waals surface area (Å²) in [7, 11) is 0. The van der Waals surface area contributed by atoms with Crippen LogP contribution in [-0.4, -0.2) is 13.1 Å². The first kappa shape index (κ1) is 16.5. The van der Waals surface area contributed by atoms with Crippen molar-refractivity contribution in [1.82, 2.24) is 0 Å². The highest BCUT2D eigenvalue weighted by atomic mass is 79.9. The molecular weight excluding hydrogens is 300 g/mol. The van der Waals surface area contributed by atoms with Gasteiger partial charge in [0.2, 0.25) is 0 Å². The minimum Gasteiger partial charge on any atom is -0.371 e. The van der Waals surface area contributed by atoms with Crippen LogP contribution in [0, 0.1) is 5.92 Å². The van der Waals surface area contributed by atoms with Crippen molar-refractivity contribution in [3.8, 4) is 0 Å². The standard InChI is InChI=1S/C16H27BrN2/c1-5-13(6-2)11-19(7-3)16-10-14(17)8-9-15(16)12(4)18/h8-10,12-13H,5-7,11,18H2,1-4H3. The molecule has 0 aliphatic rings. The van der Waals surface area contributed by atoms with Gasteiger partial charge in [0.15, 0.2) is 0 Å². The van der Waals surface area contributed by atoms with E-state index >= 15 is 0 Å². The summed E-state index contributed by atoms with van der Waals surface area (Å²) in [5.74, 6) is 0.750. The zero-order valence-corrected chi connectivity index (χ0v) is 14.2. The third kappa shape index (κ3) is 4.50. The zero-order chi connectivity index (χ0) is 14.4. The molecule has 0 fully saturated rings. The molecule has 0 aromatic heterocycles. The predicted molar refractivity (Wildman–Crippen MR) is 88.7 cm³/mol. The monoisotopic (exact) mass is 326 g/mol. The van der Waals surface area contributed by atoms with E-state index in [0.717, 1.165) is 23.5 Å². The zero-order valence-electron chi connectivity index (χ0n) is 12.6. The first-order chi connectivity index (χ1) is 9.03. The Balaban J connectivity index is 3.05. The van der Waals surface area contributed by atoms with Gasteiger partial charge in [-0.05, 0) is 37.5 Å². The fourth-order valence-electron chi connectivity index (χ4n) is 2.43. The highest BCUT2D eigenvalue weighted by Gasteiger charge is 2.16. The average Bonchev–Trinajstić information content (AvgIpc) is 2.40. The molecule has 0 saturated carbocycles. The Hall–Kier alpha value is -0.540. The average molecular weight is 327 g/mol. The summed E-state index contributed by atoms with van der Waals surface area (Å²) in [6.45, 7) is 10.9. The molecule has 0 radical (unpaired) electrons. The molecule has 0 amide bonds. The number of halogens is 1. The van der Waals surface area contributed by atoms with E-state index in [-0.39, 0.29) is 6.04 Å². The lowest BCUT2D eigenvalue weighted by atomic mass is 10.0. The smallest absolute Gasteiger partial charge is 0.0425 e. The van der Waals surface area contributed by atoms with Gasteiger partial charge in [0.05, 0.1) is 0 Å². The topological polar surface area (TPSA) is 29.3 Å². The lowest BCUT2D eigenvalue weighted by Gasteiger charge is -2.30. The molecule has 3 heteroatoms. The maximum atomic E-state index is 6.11. The van der Waals surface area contributed by atoms with Crippen molar-refractivity contribution in [3.05, 3.63) is 28.2 Å². The van der Waals surface area contributed by atoms with Crippen molar-refractivity contribution in [2.75, 3.05) is 18.0 Å². The van der Waals surface area contributed by atoms with Crippen LogP contribution < -0.4 is 10.6 Å². The molecule has 2 N–H and O–H groups in total. The van der Waals surface area contributed by atoms with Gasteiger partial charge in [0.1, 0.15) is 0 Å². The van der Waals surface area contributed by atoms with Crippen LogP contribution in [0.1, 0.15) is 52.1 Å². The van der Waals surface area contributed by atoms with Crippen molar-refractivity contribution in [3.63, 3.8) is 0 Å². The largest absolute Gasteiger partial charge is 0.371 e. The van der Waals surface area contributed by atoms with E-state index in [1.54, 1.807) is 0 Å². The Morgan fingerprint density at radius 3 is 2.32 bits per heavy atom. The normalized spacial score (nSPS) is 12.8. The number of anilines is 1. The van der Waals surface area contributed by atoms with Gasteiger partial charge in [-0.25, -0.2) is 0 Å². The van der Waals surface area contributed by atoms with Crippen molar-refractivity contribution in [2.24, 2.45) is 11.7 Å². The quantitative estimate of drug-likeness (QED) is 0.784. The number of hydrogen-bond donors (Lipinski definition) is 1. The van der Waals surface area contributed by atoms with Gasteiger partial charge < -0.3 is 10.6 Å². The molecule has 2 nitrogen and oxygen atoms in total. The van der Waals surface area contributed by atoms with E-state index in [4.69, 9.17) is 5.73 Å². The Morgan fingerprint density at radius 1 is 1.21 bits per heavy atom. The summed E-state index contributed by atoms with van der Waals surface area (Å²) in [6.07, 6.45) is 2.46. The molecule has 1 aromatic carbocycles. The van der Waals surface area contributed by atoms with E-state index in [0.29, 0.717) is 0 Å². The van der Waals surface area contributed by atoms with Gasteiger partial charge >= 0.3 is 0 Å². The number of nitrogens with two attached hydrogens (primary N) is 1. The number of rotatable bonds is 7. The second-order valence-electron chi connectivity index (χ2n) is 5.21. The van der Waals surface area contributed by atoms with Gasteiger partial charge in [0.25, 0.3) is 0 Å². The molecule has 108 valence electrons. The van der Waals surface area contributed by atoms with Crippen LogP contribution in [0.25, 0.3) is 0 Å². The molecule has 1 unspecified atom stereocenters. The highest BCUT2D eigenvalue weighted by molar-refractivity contribution is 9.10. The third-order valence-corrected chi connectivity index (χ3v) is 4.33. The SMILES string of the molecule is CCC(CC)CN(CC)c1cc(Br)ccc1C(C)N. The maximum absolute atomic E-state index is 6.11. The van der Waals surface area contributed by atoms with Crippen molar-refractivity contribution >= 4 is 21.6 Å². The minimum atomic E-state index is 0.0684. The van der Waals surface area contributed by atoms with Crippen LogP contribution in [0.3, 0.4) is 0 Å². The fourth-order valence-corrected chi connectivity index (χ4v) is 2.78. The molecule has 0 aliphatic heterocycles. The molecule has 0 saturated heterocycles. The summed E-state index contributed by atoms with van der Waals surface area (Å²) in [5, 5.41) is 0. The van der Waals surface area contributed by atoms with Crippen LogP contribution >= 0.6 is 15.9 Å². The molecule has 0 bridgehead atoms. The lowest BCUT2D eigenvalue weighted by molar-refractivity contribution is 0.485. The van der Waals surface area contributed by atoms with Crippen molar-refractivity contribution < 1.29 is 0 Å². The molecule has 1 rings (SSSR count). The van der Waals surface area contributed by atoms with E-state index in [2.05, 4.69) is 66.7 Å². The number of hydrogen-bond acceptors (Lipinski definition) is 2. The molecule has 0 heterocycles.